The Kier molecular flexibility index (Phi) is 8.99. The Balaban J connectivity index is 5.48. The summed E-state index contributed by atoms with van der Waals surface area (Å²) in [6.45, 7) is 8.33. The van der Waals surface area contributed by atoms with Gasteiger partial charge in [-0.2, -0.15) is 0 Å². The van der Waals surface area contributed by atoms with Gasteiger partial charge in [0, 0.05) is 32.5 Å². The van der Waals surface area contributed by atoms with Gasteiger partial charge in [0.2, 0.25) is 0 Å². The molecule has 0 radical (unpaired) electrons. The average molecular weight is 346 g/mol. The fourth-order valence-corrected chi connectivity index (χ4v) is 4.73. The van der Waals surface area contributed by atoms with E-state index in [1.807, 2.05) is 0 Å². The number of esters is 1. The normalized spacial score (nSPS) is 14.0. The van der Waals surface area contributed by atoms with E-state index in [2.05, 4.69) is 6.58 Å². The van der Waals surface area contributed by atoms with Crippen LogP contribution in [0.4, 0.5) is 0 Å². The first-order chi connectivity index (χ1) is 10.7. The minimum atomic E-state index is -3.15. The Labute approximate surface area is 138 Å². The van der Waals surface area contributed by atoms with E-state index in [4.69, 9.17) is 18.0 Å². The molecule has 8 heteroatoms. The van der Waals surface area contributed by atoms with Gasteiger partial charge in [-0.05, 0) is 27.2 Å². The van der Waals surface area contributed by atoms with Crippen molar-refractivity contribution in [3.05, 3.63) is 23.3 Å². The first-order valence-electron chi connectivity index (χ1n) is 7.05. The number of carboxylic acids is 1. The Morgan fingerprint density at radius 3 is 1.91 bits per heavy atom. The largest absolute Gasteiger partial charge is 0.507 e. The molecule has 0 aliphatic carbocycles. The average Bonchev–Trinajstić information content (AvgIpc) is 2.53. The van der Waals surface area contributed by atoms with Crippen LogP contribution in [0.5, 0.6) is 0 Å². The van der Waals surface area contributed by atoms with Crippen molar-refractivity contribution < 1.29 is 32.7 Å². The van der Waals surface area contributed by atoms with E-state index in [9.17, 15) is 14.7 Å². The zero-order valence-electron chi connectivity index (χ0n) is 14.6. The Morgan fingerprint density at radius 2 is 1.57 bits per heavy atom. The third-order valence-corrected chi connectivity index (χ3v) is 6.99. The summed E-state index contributed by atoms with van der Waals surface area (Å²) in [5, 5.41) is 9.21. The van der Waals surface area contributed by atoms with Crippen molar-refractivity contribution in [2.24, 2.45) is 0 Å². The fraction of sp³-hybridized carbons (Fsp3) is 0.600. The molecular formula is C15H26O7Si. The van der Waals surface area contributed by atoms with Gasteiger partial charge in [0.15, 0.2) is 0 Å². The van der Waals surface area contributed by atoms with Gasteiger partial charge in [0.05, 0.1) is 12.1 Å². The zero-order chi connectivity index (χ0) is 18.2. The first-order valence-corrected chi connectivity index (χ1v) is 8.85. The molecule has 132 valence electrons. The van der Waals surface area contributed by atoms with Crippen molar-refractivity contribution in [3.8, 4) is 0 Å². The molecule has 1 atom stereocenters. The van der Waals surface area contributed by atoms with Gasteiger partial charge in [-0.15, -0.1) is 0 Å². The number of carboxylic acid groups (broad SMARTS) is 1. The molecule has 0 aromatic heterocycles. The van der Waals surface area contributed by atoms with Crippen molar-refractivity contribution in [3.63, 3.8) is 0 Å². The molecule has 0 fully saturated rings. The fourth-order valence-electron chi connectivity index (χ4n) is 2.16. The predicted octanol–water partition coefficient (Wildman–Crippen LogP) is 2.17. The van der Waals surface area contributed by atoms with Gasteiger partial charge in [0.1, 0.15) is 0 Å². The van der Waals surface area contributed by atoms with E-state index in [1.54, 1.807) is 13.8 Å². The molecule has 1 unspecified atom stereocenters. The summed E-state index contributed by atoms with van der Waals surface area (Å²) in [5.41, 5.74) is 0.603. The van der Waals surface area contributed by atoms with Crippen molar-refractivity contribution in [1.82, 2.24) is 0 Å². The maximum atomic E-state index is 11.5. The molecular weight excluding hydrogens is 320 g/mol. The second-order valence-electron chi connectivity index (χ2n) is 5.09. The second kappa shape index (κ2) is 9.61. The highest BCUT2D eigenvalue weighted by Gasteiger charge is 2.48. The summed E-state index contributed by atoms with van der Waals surface area (Å²) in [4.78, 5) is 22.7. The SMILES string of the molecule is C=C(C)C(=O)OCCC(C(C)=C(C)C(=O)O)[Si](OC)(OC)OC. The van der Waals surface area contributed by atoms with Crippen LogP contribution in [0.2, 0.25) is 5.54 Å². The lowest BCUT2D eigenvalue weighted by Crippen LogP contribution is -2.48. The van der Waals surface area contributed by atoms with Gasteiger partial charge in [-0.25, -0.2) is 9.59 Å². The molecule has 23 heavy (non-hydrogen) atoms. The number of hydrogen-bond acceptors (Lipinski definition) is 6. The van der Waals surface area contributed by atoms with E-state index in [1.165, 1.54) is 28.3 Å². The molecule has 0 aromatic carbocycles. The van der Waals surface area contributed by atoms with Gasteiger partial charge in [-0.3, -0.25) is 0 Å². The van der Waals surface area contributed by atoms with Crippen LogP contribution in [0, 0.1) is 0 Å². The molecule has 0 amide bonds. The maximum Gasteiger partial charge on any atom is 0.507 e. The molecule has 7 nitrogen and oxygen atoms in total. The highest BCUT2D eigenvalue weighted by Crippen LogP contribution is 2.36. The number of hydrogen-bond donors (Lipinski definition) is 1. The van der Waals surface area contributed by atoms with Crippen LogP contribution in [0.25, 0.3) is 0 Å². The van der Waals surface area contributed by atoms with Crippen molar-refractivity contribution in [2.45, 2.75) is 32.7 Å². The number of aliphatic carboxylic acids is 1. The topological polar surface area (TPSA) is 91.3 Å². The lowest BCUT2D eigenvalue weighted by atomic mass is 10.1. The molecule has 0 saturated heterocycles. The standard InChI is InChI=1S/C15H26O7Si/c1-10(2)15(18)22-9-8-13(11(3)12(4)14(16)17)23(19-5,20-6)21-7/h13H,1,8-9H2,2-7H3,(H,16,17). The van der Waals surface area contributed by atoms with E-state index in [0.29, 0.717) is 17.6 Å². The molecule has 0 aliphatic rings. The van der Waals surface area contributed by atoms with Crippen molar-refractivity contribution in [2.75, 3.05) is 27.9 Å². The minimum absolute atomic E-state index is 0.0748. The number of rotatable bonds is 10. The smallest absolute Gasteiger partial charge is 0.478 e. The van der Waals surface area contributed by atoms with Gasteiger partial charge >= 0.3 is 20.7 Å². The van der Waals surface area contributed by atoms with Gasteiger partial charge < -0.3 is 23.1 Å². The first kappa shape index (κ1) is 21.5. The summed E-state index contributed by atoms with van der Waals surface area (Å²) < 4.78 is 21.5. The number of allylic oxidation sites excluding steroid dienone is 1. The van der Waals surface area contributed by atoms with Crippen LogP contribution in [0.15, 0.2) is 23.3 Å². The second-order valence-corrected chi connectivity index (χ2v) is 8.22. The zero-order valence-corrected chi connectivity index (χ0v) is 15.6. The van der Waals surface area contributed by atoms with Gasteiger partial charge in [0.25, 0.3) is 0 Å². The highest BCUT2D eigenvalue weighted by atomic mass is 28.4. The molecule has 0 bridgehead atoms. The quantitative estimate of drug-likeness (QED) is 0.368. The molecule has 0 aliphatic heterocycles. The summed E-state index contributed by atoms with van der Waals surface area (Å²) in [6.07, 6.45) is 0.317. The maximum absolute atomic E-state index is 11.5. The van der Waals surface area contributed by atoms with Crippen LogP contribution in [0.3, 0.4) is 0 Å². The third kappa shape index (κ3) is 5.58. The number of carbonyl (C=O) groups excluding carboxylic acids is 1. The number of carbonyl (C=O) groups is 2. The Hall–Kier alpha value is -1.48. The summed E-state index contributed by atoms with van der Waals surface area (Å²) >= 11 is 0. The number of ether oxygens (including phenoxy) is 1. The molecule has 0 spiro atoms. The predicted molar refractivity (Wildman–Crippen MR) is 86.9 cm³/mol. The monoisotopic (exact) mass is 346 g/mol. The van der Waals surface area contributed by atoms with Crippen LogP contribution < -0.4 is 0 Å². The van der Waals surface area contributed by atoms with Gasteiger partial charge in [-0.1, -0.05) is 12.2 Å². The summed E-state index contributed by atoms with van der Waals surface area (Å²) in [6, 6.07) is 0. The summed E-state index contributed by atoms with van der Waals surface area (Å²) in [5.74, 6) is -1.53. The van der Waals surface area contributed by atoms with E-state index >= 15 is 0 Å². The Morgan fingerprint density at radius 1 is 1.09 bits per heavy atom. The third-order valence-electron chi connectivity index (χ3n) is 3.70. The van der Waals surface area contributed by atoms with Crippen LogP contribution in [-0.2, 0) is 27.6 Å². The molecule has 1 N–H and O–H groups in total. The van der Waals surface area contributed by atoms with Crippen molar-refractivity contribution >= 4 is 20.7 Å². The van der Waals surface area contributed by atoms with Crippen LogP contribution in [-0.4, -0.2) is 53.8 Å². The molecule has 0 saturated carbocycles. The molecule has 0 rings (SSSR count). The molecule has 0 heterocycles. The summed E-state index contributed by atoms with van der Waals surface area (Å²) in [7, 11) is 1.21. The minimum Gasteiger partial charge on any atom is -0.478 e. The van der Waals surface area contributed by atoms with Crippen LogP contribution in [0.1, 0.15) is 27.2 Å². The van der Waals surface area contributed by atoms with Crippen LogP contribution >= 0.6 is 0 Å². The lowest BCUT2D eigenvalue weighted by molar-refractivity contribution is -0.139. The highest BCUT2D eigenvalue weighted by molar-refractivity contribution is 6.63. The van der Waals surface area contributed by atoms with Crippen molar-refractivity contribution in [1.29, 1.82) is 0 Å². The van der Waals surface area contributed by atoms with E-state index < -0.39 is 26.3 Å². The van der Waals surface area contributed by atoms with E-state index in [0.717, 1.165) is 0 Å². The molecule has 0 aromatic rings. The Bertz CT molecular complexity index is 472. The lowest BCUT2D eigenvalue weighted by Gasteiger charge is -2.33. The van der Waals surface area contributed by atoms with E-state index in [-0.39, 0.29) is 12.2 Å².